The summed E-state index contributed by atoms with van der Waals surface area (Å²) in [6, 6.07) is 2.58. The zero-order valence-corrected chi connectivity index (χ0v) is 13.3. The second kappa shape index (κ2) is 5.92. The van der Waals surface area contributed by atoms with Gasteiger partial charge < -0.3 is 5.32 Å². The molecular formula is C14H17ClN2S2. The molecule has 0 saturated carbocycles. The SMILES string of the molecule is CCc1cnc(CNC2CCCc3sc(Cl)cc32)s1. The Morgan fingerprint density at radius 1 is 1.47 bits per heavy atom. The van der Waals surface area contributed by atoms with Crippen LogP contribution in [-0.4, -0.2) is 4.98 Å². The number of thiophene rings is 1. The number of fused-ring (bicyclic) bond motifs is 1. The fraction of sp³-hybridized carbons (Fsp3) is 0.500. The van der Waals surface area contributed by atoms with Gasteiger partial charge in [-0.1, -0.05) is 18.5 Å². The van der Waals surface area contributed by atoms with Crippen LogP contribution in [-0.2, 0) is 19.4 Å². The van der Waals surface area contributed by atoms with Crippen molar-refractivity contribution in [3.05, 3.63) is 36.9 Å². The van der Waals surface area contributed by atoms with Crippen LogP contribution < -0.4 is 5.32 Å². The highest BCUT2D eigenvalue weighted by Gasteiger charge is 2.22. The molecule has 0 spiro atoms. The van der Waals surface area contributed by atoms with Gasteiger partial charge in [0.15, 0.2) is 0 Å². The van der Waals surface area contributed by atoms with Gasteiger partial charge in [-0.05, 0) is 37.3 Å². The summed E-state index contributed by atoms with van der Waals surface area (Å²) in [5, 5.41) is 4.83. The topological polar surface area (TPSA) is 24.9 Å². The molecule has 1 aliphatic rings. The number of thiazole rings is 1. The average Bonchev–Trinajstić information content (AvgIpc) is 3.01. The van der Waals surface area contributed by atoms with Crippen molar-refractivity contribution >= 4 is 34.3 Å². The van der Waals surface area contributed by atoms with Crippen LogP contribution >= 0.6 is 34.3 Å². The maximum atomic E-state index is 6.14. The molecule has 2 heterocycles. The second-order valence-corrected chi connectivity index (χ2v) is 7.80. The van der Waals surface area contributed by atoms with Gasteiger partial charge in [-0.25, -0.2) is 4.98 Å². The number of nitrogens with zero attached hydrogens (tertiary/aromatic N) is 1. The Hall–Kier alpha value is -0.420. The lowest BCUT2D eigenvalue weighted by Crippen LogP contribution is -2.23. The first-order chi connectivity index (χ1) is 9.26. The average molecular weight is 313 g/mol. The van der Waals surface area contributed by atoms with E-state index in [1.807, 2.05) is 17.5 Å². The summed E-state index contributed by atoms with van der Waals surface area (Å²) < 4.78 is 0.918. The van der Waals surface area contributed by atoms with Crippen LogP contribution in [0, 0.1) is 0 Å². The first-order valence-corrected chi connectivity index (χ1v) is 8.72. The molecule has 3 rings (SSSR count). The van der Waals surface area contributed by atoms with Gasteiger partial charge in [-0.15, -0.1) is 22.7 Å². The molecule has 0 bridgehead atoms. The van der Waals surface area contributed by atoms with Crippen LogP contribution in [0.3, 0.4) is 0 Å². The van der Waals surface area contributed by atoms with E-state index in [0.29, 0.717) is 6.04 Å². The normalized spacial score (nSPS) is 18.5. The predicted octanol–water partition coefficient (Wildman–Crippen LogP) is 4.59. The third-order valence-corrected chi connectivity index (χ3v) is 6.01. The van der Waals surface area contributed by atoms with E-state index in [1.54, 1.807) is 11.3 Å². The van der Waals surface area contributed by atoms with Gasteiger partial charge in [0, 0.05) is 28.5 Å². The fourth-order valence-corrected chi connectivity index (χ4v) is 4.73. The quantitative estimate of drug-likeness (QED) is 0.893. The van der Waals surface area contributed by atoms with Crippen molar-refractivity contribution < 1.29 is 0 Å². The third kappa shape index (κ3) is 3.02. The first-order valence-electron chi connectivity index (χ1n) is 6.71. The predicted molar refractivity (Wildman–Crippen MR) is 83.3 cm³/mol. The molecule has 0 fully saturated rings. The van der Waals surface area contributed by atoms with Crippen molar-refractivity contribution in [2.24, 2.45) is 0 Å². The number of aryl methyl sites for hydroxylation is 2. The molecule has 1 aliphatic carbocycles. The molecule has 1 unspecified atom stereocenters. The van der Waals surface area contributed by atoms with Gasteiger partial charge >= 0.3 is 0 Å². The van der Waals surface area contributed by atoms with Crippen LogP contribution in [0.2, 0.25) is 4.34 Å². The second-order valence-electron chi connectivity index (χ2n) is 4.83. The van der Waals surface area contributed by atoms with Gasteiger partial charge in [-0.2, -0.15) is 0 Å². The Morgan fingerprint density at radius 2 is 2.37 bits per heavy atom. The number of nitrogens with one attached hydrogen (secondary N) is 1. The van der Waals surface area contributed by atoms with E-state index in [9.17, 15) is 0 Å². The summed E-state index contributed by atoms with van der Waals surface area (Å²) in [5.74, 6) is 0. The van der Waals surface area contributed by atoms with E-state index in [-0.39, 0.29) is 0 Å². The monoisotopic (exact) mass is 312 g/mol. The van der Waals surface area contributed by atoms with Crippen LogP contribution in [0.5, 0.6) is 0 Å². The summed E-state index contributed by atoms with van der Waals surface area (Å²) >= 11 is 9.68. The zero-order chi connectivity index (χ0) is 13.2. The Kier molecular flexibility index (Phi) is 4.22. The van der Waals surface area contributed by atoms with Gasteiger partial charge in [0.2, 0.25) is 0 Å². The van der Waals surface area contributed by atoms with Gasteiger partial charge in [0.25, 0.3) is 0 Å². The molecule has 0 saturated heterocycles. The Morgan fingerprint density at radius 3 is 3.16 bits per heavy atom. The minimum Gasteiger partial charge on any atom is -0.304 e. The Bertz CT molecular complexity index is 562. The molecule has 2 nitrogen and oxygen atoms in total. The van der Waals surface area contributed by atoms with Crippen LogP contribution in [0.4, 0.5) is 0 Å². The molecule has 0 aliphatic heterocycles. The highest BCUT2D eigenvalue weighted by molar-refractivity contribution is 7.16. The number of hydrogen-bond acceptors (Lipinski definition) is 4. The lowest BCUT2D eigenvalue weighted by Gasteiger charge is -2.23. The first kappa shape index (κ1) is 13.6. The maximum absolute atomic E-state index is 6.14. The van der Waals surface area contributed by atoms with Crippen molar-refractivity contribution in [1.82, 2.24) is 10.3 Å². The number of aromatic nitrogens is 1. The fourth-order valence-electron chi connectivity index (χ4n) is 2.54. The lowest BCUT2D eigenvalue weighted by atomic mass is 9.94. The van der Waals surface area contributed by atoms with Crippen molar-refractivity contribution in [1.29, 1.82) is 0 Å². The van der Waals surface area contributed by atoms with E-state index in [2.05, 4.69) is 23.3 Å². The molecule has 1 N–H and O–H groups in total. The number of halogens is 1. The van der Waals surface area contributed by atoms with Crippen LogP contribution in [0.15, 0.2) is 12.3 Å². The van der Waals surface area contributed by atoms with Crippen LogP contribution in [0.25, 0.3) is 0 Å². The molecule has 0 aromatic carbocycles. The number of hydrogen-bond donors (Lipinski definition) is 1. The minimum absolute atomic E-state index is 0.446. The van der Waals surface area contributed by atoms with Gasteiger partial charge in [0.1, 0.15) is 5.01 Å². The third-order valence-electron chi connectivity index (χ3n) is 3.53. The molecule has 19 heavy (non-hydrogen) atoms. The molecule has 2 aromatic rings. The zero-order valence-electron chi connectivity index (χ0n) is 10.9. The molecule has 2 aromatic heterocycles. The largest absolute Gasteiger partial charge is 0.304 e. The van der Waals surface area contributed by atoms with Crippen molar-refractivity contribution in [3.8, 4) is 0 Å². The Balaban J connectivity index is 1.67. The standard InChI is InChI=1S/C14H17ClN2S2/c1-2-9-7-17-14(18-9)8-16-11-4-3-5-12-10(11)6-13(15)19-12/h6-7,11,16H,2-5,8H2,1H3. The summed E-state index contributed by atoms with van der Waals surface area (Å²) in [7, 11) is 0. The van der Waals surface area contributed by atoms with Crippen molar-refractivity contribution in [3.63, 3.8) is 0 Å². The van der Waals surface area contributed by atoms with E-state index < -0.39 is 0 Å². The molecule has 0 radical (unpaired) electrons. The maximum Gasteiger partial charge on any atom is 0.107 e. The van der Waals surface area contributed by atoms with Crippen LogP contribution in [0.1, 0.15) is 46.1 Å². The van der Waals surface area contributed by atoms with Gasteiger partial charge in [0.05, 0.1) is 4.34 Å². The Labute approximate surface area is 126 Å². The smallest absolute Gasteiger partial charge is 0.107 e. The summed E-state index contributed by atoms with van der Waals surface area (Å²) in [4.78, 5) is 7.29. The highest BCUT2D eigenvalue weighted by Crippen LogP contribution is 2.37. The summed E-state index contributed by atoms with van der Waals surface area (Å²) in [6.07, 6.45) is 6.70. The van der Waals surface area contributed by atoms with E-state index in [4.69, 9.17) is 11.6 Å². The summed E-state index contributed by atoms with van der Waals surface area (Å²) in [6.45, 7) is 3.04. The summed E-state index contributed by atoms with van der Waals surface area (Å²) in [5.41, 5.74) is 1.41. The lowest BCUT2D eigenvalue weighted by molar-refractivity contribution is 0.462. The van der Waals surface area contributed by atoms with Crippen molar-refractivity contribution in [2.45, 2.75) is 45.2 Å². The molecule has 102 valence electrons. The number of rotatable bonds is 4. The van der Waals surface area contributed by atoms with E-state index >= 15 is 0 Å². The molecule has 0 amide bonds. The molecular weight excluding hydrogens is 296 g/mol. The molecule has 5 heteroatoms. The van der Waals surface area contributed by atoms with E-state index in [1.165, 1.54) is 39.6 Å². The van der Waals surface area contributed by atoms with E-state index in [0.717, 1.165) is 17.3 Å². The highest BCUT2D eigenvalue weighted by atomic mass is 35.5. The minimum atomic E-state index is 0.446. The van der Waals surface area contributed by atoms with Crippen molar-refractivity contribution in [2.75, 3.05) is 0 Å². The molecule has 1 atom stereocenters. The van der Waals surface area contributed by atoms with Gasteiger partial charge in [-0.3, -0.25) is 0 Å².